The molecule has 4 atom stereocenters. The molecule has 19 heavy (non-hydrogen) atoms. The van der Waals surface area contributed by atoms with E-state index in [4.69, 9.17) is 0 Å². The van der Waals surface area contributed by atoms with Gasteiger partial charge in [-0.1, -0.05) is 33.8 Å². The second-order valence-corrected chi connectivity index (χ2v) is 8.29. The van der Waals surface area contributed by atoms with E-state index in [9.17, 15) is 0 Å². The van der Waals surface area contributed by atoms with Crippen molar-refractivity contribution in [1.82, 2.24) is 5.32 Å². The number of hydrogen-bond donors (Lipinski definition) is 1. The zero-order valence-corrected chi connectivity index (χ0v) is 13.5. The van der Waals surface area contributed by atoms with Crippen molar-refractivity contribution in [2.24, 2.45) is 16.7 Å². The lowest BCUT2D eigenvalue weighted by atomic mass is 9.69. The van der Waals surface area contributed by atoms with Crippen LogP contribution in [-0.4, -0.2) is 6.04 Å². The van der Waals surface area contributed by atoms with E-state index in [0.717, 1.165) is 5.92 Å². The fourth-order valence-corrected chi connectivity index (χ4v) is 5.46. The van der Waals surface area contributed by atoms with E-state index in [1.165, 1.54) is 30.6 Å². The van der Waals surface area contributed by atoms with Crippen molar-refractivity contribution in [3.63, 3.8) is 0 Å². The summed E-state index contributed by atoms with van der Waals surface area (Å²) in [5, 5.41) is 6.21. The van der Waals surface area contributed by atoms with E-state index in [2.05, 4.69) is 50.5 Å². The van der Waals surface area contributed by atoms with Crippen LogP contribution in [0.4, 0.5) is 0 Å². The molecule has 2 fully saturated rings. The minimum Gasteiger partial charge on any atom is -0.306 e. The van der Waals surface area contributed by atoms with Gasteiger partial charge in [0.15, 0.2) is 0 Å². The molecule has 1 aromatic heterocycles. The lowest BCUT2D eigenvalue weighted by Crippen LogP contribution is -2.45. The van der Waals surface area contributed by atoms with Gasteiger partial charge in [-0.15, -0.1) is 11.3 Å². The molecule has 106 valence electrons. The van der Waals surface area contributed by atoms with Gasteiger partial charge in [0.2, 0.25) is 0 Å². The first-order chi connectivity index (χ1) is 8.99. The molecule has 2 saturated carbocycles. The quantitative estimate of drug-likeness (QED) is 0.816. The summed E-state index contributed by atoms with van der Waals surface area (Å²) >= 11 is 1.90. The van der Waals surface area contributed by atoms with Crippen LogP contribution >= 0.6 is 11.3 Å². The first-order valence-corrected chi connectivity index (χ1v) is 8.66. The summed E-state index contributed by atoms with van der Waals surface area (Å²) in [7, 11) is 0. The van der Waals surface area contributed by atoms with Crippen LogP contribution in [0.2, 0.25) is 0 Å². The standard InChI is InChI=1S/C17H27NS/c1-5-13(14-7-6-10-19-14)18-15-11-12-8-9-17(15,4)16(12,2)3/h6-7,10,12-13,15,18H,5,8-9,11H2,1-4H3. The van der Waals surface area contributed by atoms with Crippen LogP contribution in [0.15, 0.2) is 17.5 Å². The van der Waals surface area contributed by atoms with Gasteiger partial charge < -0.3 is 5.32 Å². The lowest BCUT2D eigenvalue weighted by Gasteiger charge is -2.41. The monoisotopic (exact) mass is 277 g/mol. The van der Waals surface area contributed by atoms with Gasteiger partial charge >= 0.3 is 0 Å². The zero-order chi connectivity index (χ0) is 13.7. The molecule has 1 heterocycles. The van der Waals surface area contributed by atoms with Crippen LogP contribution in [-0.2, 0) is 0 Å². The number of thiophene rings is 1. The summed E-state index contributed by atoms with van der Waals surface area (Å²) in [6.45, 7) is 9.83. The maximum atomic E-state index is 4.01. The molecule has 2 heteroatoms. The highest BCUT2D eigenvalue weighted by atomic mass is 32.1. The Bertz CT molecular complexity index is 436. The molecular formula is C17H27NS. The molecule has 2 aliphatic rings. The summed E-state index contributed by atoms with van der Waals surface area (Å²) in [5.41, 5.74) is 1.00. The van der Waals surface area contributed by atoms with E-state index in [-0.39, 0.29) is 0 Å². The average Bonchev–Trinajstić information content (AvgIpc) is 3.01. The Hall–Kier alpha value is -0.340. The maximum Gasteiger partial charge on any atom is 0.0414 e. The van der Waals surface area contributed by atoms with Gasteiger partial charge in [-0.2, -0.15) is 0 Å². The third kappa shape index (κ3) is 1.91. The van der Waals surface area contributed by atoms with E-state index in [0.29, 0.717) is 22.9 Å². The van der Waals surface area contributed by atoms with Crippen molar-refractivity contribution in [2.45, 2.75) is 65.5 Å². The Morgan fingerprint density at radius 1 is 1.42 bits per heavy atom. The fourth-order valence-electron chi connectivity index (χ4n) is 4.59. The average molecular weight is 277 g/mol. The predicted octanol–water partition coefficient (Wildman–Crippen LogP) is 5.00. The van der Waals surface area contributed by atoms with Crippen LogP contribution in [0.5, 0.6) is 0 Å². The van der Waals surface area contributed by atoms with Gasteiger partial charge in [-0.05, 0) is 53.9 Å². The van der Waals surface area contributed by atoms with Crippen molar-refractivity contribution >= 4 is 11.3 Å². The number of nitrogens with one attached hydrogen (secondary N) is 1. The number of rotatable bonds is 4. The van der Waals surface area contributed by atoms with Crippen molar-refractivity contribution in [3.8, 4) is 0 Å². The Morgan fingerprint density at radius 2 is 2.21 bits per heavy atom. The van der Waals surface area contributed by atoms with E-state index < -0.39 is 0 Å². The molecule has 1 nitrogen and oxygen atoms in total. The van der Waals surface area contributed by atoms with Crippen molar-refractivity contribution in [2.75, 3.05) is 0 Å². The van der Waals surface area contributed by atoms with Gasteiger partial charge in [-0.3, -0.25) is 0 Å². The number of hydrogen-bond acceptors (Lipinski definition) is 2. The second kappa shape index (κ2) is 4.60. The van der Waals surface area contributed by atoms with Gasteiger partial charge in [-0.25, -0.2) is 0 Å². The summed E-state index contributed by atoms with van der Waals surface area (Å²) in [4.78, 5) is 1.51. The van der Waals surface area contributed by atoms with Gasteiger partial charge in [0.05, 0.1) is 0 Å². The van der Waals surface area contributed by atoms with Crippen molar-refractivity contribution < 1.29 is 0 Å². The first kappa shape index (κ1) is 13.6. The zero-order valence-electron chi connectivity index (χ0n) is 12.7. The number of fused-ring (bicyclic) bond motifs is 2. The van der Waals surface area contributed by atoms with Crippen molar-refractivity contribution in [3.05, 3.63) is 22.4 Å². The molecule has 4 unspecified atom stereocenters. The molecule has 1 N–H and O–H groups in total. The molecule has 0 aliphatic heterocycles. The molecule has 3 rings (SSSR count). The Kier molecular flexibility index (Phi) is 3.30. The smallest absolute Gasteiger partial charge is 0.0414 e. The predicted molar refractivity (Wildman–Crippen MR) is 83.5 cm³/mol. The molecule has 0 spiro atoms. The largest absolute Gasteiger partial charge is 0.306 e. The summed E-state index contributed by atoms with van der Waals surface area (Å²) < 4.78 is 0. The SMILES string of the molecule is CCC(NC1CC2CCC1(C)C2(C)C)c1cccs1. The third-order valence-corrected chi connectivity index (χ3v) is 7.48. The highest BCUT2D eigenvalue weighted by Gasteiger charge is 2.61. The molecule has 2 bridgehead atoms. The molecule has 0 amide bonds. The molecule has 0 radical (unpaired) electrons. The summed E-state index contributed by atoms with van der Waals surface area (Å²) in [5.74, 6) is 0.927. The molecule has 2 aliphatic carbocycles. The highest BCUT2D eigenvalue weighted by Crippen LogP contribution is 2.65. The minimum absolute atomic E-state index is 0.488. The van der Waals surface area contributed by atoms with Gasteiger partial charge in [0.1, 0.15) is 0 Å². The van der Waals surface area contributed by atoms with Crippen LogP contribution in [0.25, 0.3) is 0 Å². The van der Waals surface area contributed by atoms with E-state index in [1.54, 1.807) is 0 Å². The summed E-state index contributed by atoms with van der Waals surface area (Å²) in [6, 6.07) is 5.72. The van der Waals surface area contributed by atoms with E-state index in [1.807, 2.05) is 11.3 Å². The van der Waals surface area contributed by atoms with Crippen LogP contribution in [0.3, 0.4) is 0 Å². The second-order valence-electron chi connectivity index (χ2n) is 7.31. The van der Waals surface area contributed by atoms with Crippen LogP contribution in [0, 0.1) is 16.7 Å². The first-order valence-electron chi connectivity index (χ1n) is 7.78. The highest BCUT2D eigenvalue weighted by molar-refractivity contribution is 7.10. The normalized spacial score (nSPS) is 37.7. The van der Waals surface area contributed by atoms with Crippen molar-refractivity contribution in [1.29, 1.82) is 0 Å². The molecular weight excluding hydrogens is 250 g/mol. The molecule has 0 saturated heterocycles. The fraction of sp³-hybridized carbons (Fsp3) is 0.765. The van der Waals surface area contributed by atoms with E-state index >= 15 is 0 Å². The molecule has 1 aromatic rings. The maximum absolute atomic E-state index is 4.01. The minimum atomic E-state index is 0.488. The van der Waals surface area contributed by atoms with Gasteiger partial charge in [0, 0.05) is 17.0 Å². The van der Waals surface area contributed by atoms with Crippen LogP contribution in [0.1, 0.15) is 64.3 Å². The van der Waals surface area contributed by atoms with Gasteiger partial charge in [0.25, 0.3) is 0 Å². The van der Waals surface area contributed by atoms with Crippen LogP contribution < -0.4 is 5.32 Å². The topological polar surface area (TPSA) is 12.0 Å². The Balaban J connectivity index is 1.78. The lowest BCUT2D eigenvalue weighted by molar-refractivity contribution is 0.115. The Labute approximate surface area is 121 Å². The molecule has 0 aromatic carbocycles. The Morgan fingerprint density at radius 3 is 2.68 bits per heavy atom. The third-order valence-electron chi connectivity index (χ3n) is 6.49. The summed E-state index contributed by atoms with van der Waals surface area (Å²) in [6.07, 6.45) is 5.42.